The van der Waals surface area contributed by atoms with Crippen LogP contribution in [0.25, 0.3) is 0 Å². The van der Waals surface area contributed by atoms with Crippen LogP contribution in [-0.4, -0.2) is 71.6 Å². The van der Waals surface area contributed by atoms with Crippen molar-refractivity contribution in [3.8, 4) is 0 Å². The van der Waals surface area contributed by atoms with Gasteiger partial charge in [-0.25, -0.2) is 0 Å². The number of aliphatic carboxylic acids is 1. The molecule has 2 aliphatic rings. The number of rotatable bonds is 5. The summed E-state index contributed by atoms with van der Waals surface area (Å²) < 4.78 is 0. The molecule has 1 atom stereocenters. The molecule has 1 aromatic carbocycles. The summed E-state index contributed by atoms with van der Waals surface area (Å²) in [4.78, 5) is 18.5. The number of hydrogen-bond acceptors (Lipinski definition) is 4. The van der Waals surface area contributed by atoms with Crippen LogP contribution in [0.2, 0.25) is 0 Å². The SMILES string of the molecule is Cc1cc(C)c(CN2CCC[C@H]2C(=O)O)cc1CN1CCN(C)CC1. The summed E-state index contributed by atoms with van der Waals surface area (Å²) in [5, 5.41) is 9.42. The molecule has 0 amide bonds. The summed E-state index contributed by atoms with van der Waals surface area (Å²) >= 11 is 0. The minimum Gasteiger partial charge on any atom is -0.480 e. The second-order valence-corrected chi connectivity index (χ2v) is 7.75. The molecule has 0 bridgehead atoms. The molecule has 25 heavy (non-hydrogen) atoms. The molecule has 2 fully saturated rings. The van der Waals surface area contributed by atoms with Crippen LogP contribution in [0, 0.1) is 13.8 Å². The van der Waals surface area contributed by atoms with Crippen molar-refractivity contribution < 1.29 is 9.90 Å². The first kappa shape index (κ1) is 18.4. The fraction of sp³-hybridized carbons (Fsp3) is 0.650. The molecule has 0 aromatic heterocycles. The third-order valence-electron chi connectivity index (χ3n) is 5.81. The van der Waals surface area contributed by atoms with Gasteiger partial charge in [0, 0.05) is 39.3 Å². The summed E-state index contributed by atoms with van der Waals surface area (Å²) in [5.74, 6) is -0.681. The van der Waals surface area contributed by atoms with Crippen molar-refractivity contribution >= 4 is 5.97 Å². The van der Waals surface area contributed by atoms with Gasteiger partial charge in [-0.1, -0.05) is 12.1 Å². The highest BCUT2D eigenvalue weighted by Gasteiger charge is 2.30. The molecule has 138 valence electrons. The van der Waals surface area contributed by atoms with Crippen molar-refractivity contribution in [3.05, 3.63) is 34.4 Å². The molecular formula is C20H31N3O2. The van der Waals surface area contributed by atoms with E-state index < -0.39 is 5.97 Å². The molecule has 1 aromatic rings. The first-order valence-corrected chi connectivity index (χ1v) is 9.41. The Morgan fingerprint density at radius 2 is 1.68 bits per heavy atom. The van der Waals surface area contributed by atoms with Crippen molar-refractivity contribution in [1.82, 2.24) is 14.7 Å². The molecule has 2 heterocycles. The van der Waals surface area contributed by atoms with Crippen molar-refractivity contribution in [1.29, 1.82) is 0 Å². The summed E-state index contributed by atoms with van der Waals surface area (Å²) in [5.41, 5.74) is 5.28. The monoisotopic (exact) mass is 345 g/mol. The quantitative estimate of drug-likeness (QED) is 0.886. The molecule has 2 aliphatic heterocycles. The van der Waals surface area contributed by atoms with Gasteiger partial charge < -0.3 is 10.0 Å². The van der Waals surface area contributed by atoms with Crippen molar-refractivity contribution in [2.45, 2.75) is 45.8 Å². The van der Waals surface area contributed by atoms with Crippen molar-refractivity contribution in [2.75, 3.05) is 39.8 Å². The molecule has 2 saturated heterocycles. The van der Waals surface area contributed by atoms with E-state index >= 15 is 0 Å². The molecule has 3 rings (SSSR count). The summed E-state index contributed by atoms with van der Waals surface area (Å²) in [6.45, 7) is 11.5. The topological polar surface area (TPSA) is 47.0 Å². The maximum atomic E-state index is 11.4. The van der Waals surface area contributed by atoms with Gasteiger partial charge in [-0.05, 0) is 62.5 Å². The first-order valence-electron chi connectivity index (χ1n) is 9.41. The van der Waals surface area contributed by atoms with Gasteiger partial charge in [0.25, 0.3) is 0 Å². The van der Waals surface area contributed by atoms with Gasteiger partial charge in [-0.3, -0.25) is 14.6 Å². The molecule has 0 spiro atoms. The minimum atomic E-state index is -0.681. The predicted octanol–water partition coefficient (Wildman–Crippen LogP) is 2.10. The maximum absolute atomic E-state index is 11.4. The molecule has 0 aliphatic carbocycles. The Morgan fingerprint density at radius 1 is 1.04 bits per heavy atom. The normalized spacial score (nSPS) is 23.2. The van der Waals surface area contributed by atoms with Crippen molar-refractivity contribution in [2.24, 2.45) is 0 Å². The van der Waals surface area contributed by atoms with Crippen LogP contribution in [0.5, 0.6) is 0 Å². The number of hydrogen-bond donors (Lipinski definition) is 1. The Bertz CT molecular complexity index is 624. The number of carboxylic acids is 1. The molecular weight excluding hydrogens is 314 g/mol. The molecule has 5 heteroatoms. The number of nitrogens with zero attached hydrogens (tertiary/aromatic N) is 3. The van der Waals surface area contributed by atoms with Gasteiger partial charge in [0.1, 0.15) is 6.04 Å². The van der Waals surface area contributed by atoms with Crippen LogP contribution in [0.1, 0.15) is 35.1 Å². The lowest BCUT2D eigenvalue weighted by Crippen LogP contribution is -2.44. The lowest BCUT2D eigenvalue weighted by atomic mass is 9.98. The number of likely N-dealkylation sites (N-methyl/N-ethyl adjacent to an activating group) is 1. The maximum Gasteiger partial charge on any atom is 0.320 e. The second-order valence-electron chi connectivity index (χ2n) is 7.75. The number of aryl methyl sites for hydroxylation is 2. The van der Waals surface area contributed by atoms with E-state index in [1.54, 1.807) is 0 Å². The van der Waals surface area contributed by atoms with E-state index in [1.165, 1.54) is 22.3 Å². The largest absolute Gasteiger partial charge is 0.480 e. The molecule has 5 nitrogen and oxygen atoms in total. The zero-order chi connectivity index (χ0) is 18.0. The van der Waals surface area contributed by atoms with Gasteiger partial charge in [0.15, 0.2) is 0 Å². The second kappa shape index (κ2) is 7.85. The fourth-order valence-electron chi connectivity index (χ4n) is 4.05. The standard InChI is InChI=1S/C20H31N3O2/c1-15-11-16(2)18(14-23-6-4-5-19(23)20(24)25)12-17(15)13-22-9-7-21(3)8-10-22/h11-12,19H,4-10,13-14H2,1-3H3,(H,24,25)/t19-/m0/s1. The van der Waals surface area contributed by atoms with E-state index in [9.17, 15) is 9.90 Å². The van der Waals surface area contributed by atoms with Gasteiger partial charge in [0.2, 0.25) is 0 Å². The molecule has 0 radical (unpaired) electrons. The molecule has 1 N–H and O–H groups in total. The molecule has 0 saturated carbocycles. The lowest BCUT2D eigenvalue weighted by Gasteiger charge is -2.33. The average molecular weight is 345 g/mol. The Balaban J connectivity index is 1.73. The van der Waals surface area contributed by atoms with Crippen LogP contribution < -0.4 is 0 Å². The summed E-state index contributed by atoms with van der Waals surface area (Å²) in [6, 6.07) is 4.27. The highest BCUT2D eigenvalue weighted by Crippen LogP contribution is 2.24. The Hall–Kier alpha value is -1.43. The summed E-state index contributed by atoms with van der Waals surface area (Å²) in [7, 11) is 2.18. The van der Waals surface area contributed by atoms with Crippen LogP contribution in [0.15, 0.2) is 12.1 Å². The van der Waals surface area contributed by atoms with E-state index in [-0.39, 0.29) is 6.04 Å². The van der Waals surface area contributed by atoms with Gasteiger partial charge >= 0.3 is 5.97 Å². The van der Waals surface area contributed by atoms with Gasteiger partial charge in [-0.15, -0.1) is 0 Å². The van der Waals surface area contributed by atoms with E-state index in [0.717, 1.165) is 58.7 Å². The third-order valence-corrected chi connectivity index (χ3v) is 5.81. The smallest absolute Gasteiger partial charge is 0.320 e. The zero-order valence-corrected chi connectivity index (χ0v) is 15.8. The Kier molecular flexibility index (Phi) is 5.77. The highest BCUT2D eigenvalue weighted by atomic mass is 16.4. The van der Waals surface area contributed by atoms with Crippen LogP contribution in [-0.2, 0) is 17.9 Å². The number of piperazine rings is 1. The zero-order valence-electron chi connectivity index (χ0n) is 15.8. The van der Waals surface area contributed by atoms with E-state index in [1.807, 2.05) is 0 Å². The van der Waals surface area contributed by atoms with E-state index in [0.29, 0.717) is 0 Å². The third kappa shape index (κ3) is 4.40. The summed E-state index contributed by atoms with van der Waals surface area (Å²) in [6.07, 6.45) is 1.75. The number of likely N-dealkylation sites (tertiary alicyclic amines) is 1. The lowest BCUT2D eigenvalue weighted by molar-refractivity contribution is -0.142. The van der Waals surface area contributed by atoms with Crippen molar-refractivity contribution in [3.63, 3.8) is 0 Å². The van der Waals surface area contributed by atoms with E-state index in [2.05, 4.69) is 47.7 Å². The van der Waals surface area contributed by atoms with E-state index in [4.69, 9.17) is 0 Å². The Labute approximate surface area is 151 Å². The van der Waals surface area contributed by atoms with Gasteiger partial charge in [0.05, 0.1) is 0 Å². The number of carbonyl (C=O) groups is 1. The van der Waals surface area contributed by atoms with Gasteiger partial charge in [-0.2, -0.15) is 0 Å². The minimum absolute atomic E-state index is 0.318. The van der Waals surface area contributed by atoms with Crippen LogP contribution >= 0.6 is 0 Å². The predicted molar refractivity (Wildman–Crippen MR) is 99.8 cm³/mol. The Morgan fingerprint density at radius 3 is 2.32 bits per heavy atom. The average Bonchev–Trinajstić information content (AvgIpc) is 3.02. The highest BCUT2D eigenvalue weighted by molar-refractivity contribution is 5.73. The first-order chi connectivity index (χ1) is 11.9. The number of benzene rings is 1. The fourth-order valence-corrected chi connectivity index (χ4v) is 4.05. The molecule has 0 unspecified atom stereocenters. The van der Waals surface area contributed by atoms with Crippen LogP contribution in [0.3, 0.4) is 0 Å². The van der Waals surface area contributed by atoms with Crippen LogP contribution in [0.4, 0.5) is 0 Å². The number of carboxylic acid groups (broad SMARTS) is 1.